The zero-order valence-corrected chi connectivity index (χ0v) is 9.51. The van der Waals surface area contributed by atoms with Crippen LogP contribution in [0.2, 0.25) is 0 Å². The van der Waals surface area contributed by atoms with Gasteiger partial charge in [0, 0.05) is 5.69 Å². The van der Waals surface area contributed by atoms with Crippen LogP contribution in [0, 0.1) is 0 Å². The van der Waals surface area contributed by atoms with Crippen LogP contribution in [0.25, 0.3) is 0 Å². The summed E-state index contributed by atoms with van der Waals surface area (Å²) in [6, 6.07) is 5.66. The Morgan fingerprint density at radius 3 is 2.35 bits per heavy atom. The van der Waals surface area contributed by atoms with Crippen LogP contribution in [-0.2, 0) is 0 Å². The summed E-state index contributed by atoms with van der Waals surface area (Å²) in [7, 11) is 1.56. The number of rotatable bonds is 5. The molecule has 6 heteroatoms. The first-order valence-corrected chi connectivity index (χ1v) is 5.13. The largest absolute Gasteiger partial charge is 0.497 e. The van der Waals surface area contributed by atoms with Gasteiger partial charge in [-0.15, -0.1) is 0 Å². The van der Waals surface area contributed by atoms with E-state index >= 15 is 0 Å². The van der Waals surface area contributed by atoms with Gasteiger partial charge in [-0.05, 0) is 24.3 Å². The lowest BCUT2D eigenvalue weighted by Gasteiger charge is -2.14. The average molecular weight is 240 g/mol. The van der Waals surface area contributed by atoms with Crippen LogP contribution in [0.4, 0.5) is 10.5 Å². The maximum Gasteiger partial charge on any atom is 0.319 e. The van der Waals surface area contributed by atoms with Gasteiger partial charge in [0.05, 0.1) is 26.4 Å². The van der Waals surface area contributed by atoms with Crippen molar-refractivity contribution in [2.75, 3.05) is 25.6 Å². The fraction of sp³-hybridized carbons (Fsp3) is 0.364. The predicted octanol–water partition coefficient (Wildman–Crippen LogP) is 0.170. The molecule has 0 unspecified atom stereocenters. The Morgan fingerprint density at radius 1 is 1.29 bits per heavy atom. The van der Waals surface area contributed by atoms with Crippen molar-refractivity contribution < 1.29 is 19.7 Å². The third-order valence-corrected chi connectivity index (χ3v) is 2.12. The number of urea groups is 1. The summed E-state index contributed by atoms with van der Waals surface area (Å²) in [5.41, 5.74) is 0.595. The molecule has 4 N–H and O–H groups in total. The van der Waals surface area contributed by atoms with Crippen LogP contribution >= 0.6 is 0 Å². The summed E-state index contributed by atoms with van der Waals surface area (Å²) in [6.07, 6.45) is 0. The molecule has 1 aromatic carbocycles. The van der Waals surface area contributed by atoms with Crippen LogP contribution in [-0.4, -0.2) is 42.6 Å². The van der Waals surface area contributed by atoms with Gasteiger partial charge in [-0.2, -0.15) is 0 Å². The molecule has 0 aliphatic rings. The molecular formula is C11H16N2O4. The second-order valence-electron chi connectivity index (χ2n) is 3.39. The van der Waals surface area contributed by atoms with Crippen molar-refractivity contribution in [3.63, 3.8) is 0 Å². The van der Waals surface area contributed by atoms with Crippen molar-refractivity contribution in [3.8, 4) is 5.75 Å². The molecule has 0 heterocycles. The highest BCUT2D eigenvalue weighted by Gasteiger charge is 2.09. The third kappa shape index (κ3) is 4.29. The first kappa shape index (κ1) is 13.3. The Kier molecular flexibility index (Phi) is 5.25. The van der Waals surface area contributed by atoms with Crippen LogP contribution in [0.15, 0.2) is 24.3 Å². The fourth-order valence-electron chi connectivity index (χ4n) is 1.18. The second kappa shape index (κ2) is 6.72. The summed E-state index contributed by atoms with van der Waals surface area (Å²) in [4.78, 5) is 11.4. The monoisotopic (exact) mass is 240 g/mol. The Labute approximate surface area is 99.2 Å². The number of aliphatic hydroxyl groups is 2. The summed E-state index contributed by atoms with van der Waals surface area (Å²) in [5.74, 6) is 0.694. The Morgan fingerprint density at radius 2 is 1.88 bits per heavy atom. The van der Waals surface area contributed by atoms with E-state index in [9.17, 15) is 4.79 Å². The summed E-state index contributed by atoms with van der Waals surface area (Å²) in [5, 5.41) is 22.6. The molecule has 0 radical (unpaired) electrons. The van der Waals surface area contributed by atoms with Crippen LogP contribution < -0.4 is 15.4 Å². The van der Waals surface area contributed by atoms with Crippen molar-refractivity contribution in [3.05, 3.63) is 24.3 Å². The lowest BCUT2D eigenvalue weighted by atomic mass is 10.3. The Hall–Kier alpha value is -1.79. The minimum Gasteiger partial charge on any atom is -0.497 e. The van der Waals surface area contributed by atoms with Gasteiger partial charge in [0.2, 0.25) is 0 Å². The van der Waals surface area contributed by atoms with Crippen LogP contribution in [0.5, 0.6) is 5.75 Å². The number of nitrogens with one attached hydrogen (secondary N) is 2. The van der Waals surface area contributed by atoms with E-state index in [4.69, 9.17) is 14.9 Å². The molecule has 0 aromatic heterocycles. The van der Waals surface area contributed by atoms with E-state index in [0.29, 0.717) is 11.4 Å². The highest BCUT2D eigenvalue weighted by Crippen LogP contribution is 2.14. The first-order valence-electron chi connectivity index (χ1n) is 5.13. The van der Waals surface area contributed by atoms with E-state index in [-0.39, 0.29) is 13.2 Å². The number of aliphatic hydroxyl groups excluding tert-OH is 2. The fourth-order valence-corrected chi connectivity index (χ4v) is 1.18. The number of ether oxygens (including phenoxy) is 1. The number of methoxy groups -OCH3 is 1. The quantitative estimate of drug-likeness (QED) is 0.590. The van der Waals surface area contributed by atoms with Gasteiger partial charge in [-0.3, -0.25) is 0 Å². The van der Waals surface area contributed by atoms with Gasteiger partial charge >= 0.3 is 6.03 Å². The molecule has 2 amide bonds. The highest BCUT2D eigenvalue weighted by molar-refractivity contribution is 5.89. The molecule has 1 aromatic rings. The molecule has 1 rings (SSSR count). The van der Waals surface area contributed by atoms with Gasteiger partial charge in [0.1, 0.15) is 5.75 Å². The van der Waals surface area contributed by atoms with Crippen molar-refractivity contribution in [2.24, 2.45) is 0 Å². The molecule has 0 aliphatic carbocycles. The normalized spacial score (nSPS) is 10.1. The number of anilines is 1. The smallest absolute Gasteiger partial charge is 0.319 e. The number of benzene rings is 1. The number of carbonyl (C=O) groups is 1. The second-order valence-corrected chi connectivity index (χ2v) is 3.39. The van der Waals surface area contributed by atoms with Crippen molar-refractivity contribution in [1.29, 1.82) is 0 Å². The number of hydrogen-bond donors (Lipinski definition) is 4. The molecule has 17 heavy (non-hydrogen) atoms. The third-order valence-electron chi connectivity index (χ3n) is 2.12. The van der Waals surface area contributed by atoms with Gasteiger partial charge in [0.15, 0.2) is 0 Å². The van der Waals surface area contributed by atoms with Crippen LogP contribution in [0.3, 0.4) is 0 Å². The molecule has 6 nitrogen and oxygen atoms in total. The van der Waals surface area contributed by atoms with Crippen molar-refractivity contribution >= 4 is 11.7 Å². The molecule has 0 bridgehead atoms. The van der Waals surface area contributed by atoms with Crippen molar-refractivity contribution in [1.82, 2.24) is 5.32 Å². The lowest BCUT2D eigenvalue weighted by molar-refractivity contribution is 0.172. The van der Waals surface area contributed by atoms with E-state index < -0.39 is 12.1 Å². The van der Waals surface area contributed by atoms with E-state index in [1.807, 2.05) is 0 Å². The maximum atomic E-state index is 11.4. The zero-order valence-electron chi connectivity index (χ0n) is 9.51. The summed E-state index contributed by atoms with van der Waals surface area (Å²) in [6.45, 7) is -0.626. The molecule has 0 saturated heterocycles. The van der Waals surface area contributed by atoms with E-state index in [1.54, 1.807) is 31.4 Å². The van der Waals surface area contributed by atoms with Gasteiger partial charge in [0.25, 0.3) is 0 Å². The first-order chi connectivity index (χ1) is 8.19. The Balaban J connectivity index is 2.49. The number of carbonyl (C=O) groups excluding carboxylic acids is 1. The van der Waals surface area contributed by atoms with Crippen molar-refractivity contribution in [2.45, 2.75) is 6.04 Å². The maximum absolute atomic E-state index is 11.4. The molecular weight excluding hydrogens is 224 g/mol. The SMILES string of the molecule is COc1ccc(NC(=O)NC(CO)CO)cc1. The zero-order chi connectivity index (χ0) is 12.7. The van der Waals surface area contributed by atoms with Gasteiger partial charge in [-0.25, -0.2) is 4.79 Å². The van der Waals surface area contributed by atoms with Gasteiger partial charge < -0.3 is 25.6 Å². The predicted molar refractivity (Wildman–Crippen MR) is 63.1 cm³/mol. The van der Waals surface area contributed by atoms with E-state index in [0.717, 1.165) is 0 Å². The van der Waals surface area contributed by atoms with E-state index in [2.05, 4.69) is 10.6 Å². The standard InChI is InChI=1S/C11H16N2O4/c1-17-10-4-2-8(3-5-10)12-11(16)13-9(6-14)7-15/h2-5,9,14-15H,6-7H2,1H3,(H2,12,13,16). The molecule has 0 fully saturated rings. The van der Waals surface area contributed by atoms with Crippen LogP contribution in [0.1, 0.15) is 0 Å². The molecule has 0 spiro atoms. The lowest BCUT2D eigenvalue weighted by Crippen LogP contribution is -2.42. The molecule has 0 atom stereocenters. The summed E-state index contributed by atoms with van der Waals surface area (Å²) >= 11 is 0. The average Bonchev–Trinajstić information content (AvgIpc) is 2.37. The number of amides is 2. The Bertz CT molecular complexity index is 349. The highest BCUT2D eigenvalue weighted by atomic mass is 16.5. The summed E-state index contributed by atoms with van der Waals surface area (Å²) < 4.78 is 4.98. The minimum absolute atomic E-state index is 0.313. The molecule has 94 valence electrons. The molecule has 0 aliphatic heterocycles. The molecule has 0 saturated carbocycles. The van der Waals surface area contributed by atoms with Gasteiger partial charge in [-0.1, -0.05) is 0 Å². The number of hydrogen-bond acceptors (Lipinski definition) is 4. The minimum atomic E-state index is -0.659. The topological polar surface area (TPSA) is 90.8 Å². The van der Waals surface area contributed by atoms with E-state index in [1.165, 1.54) is 0 Å².